The predicted molar refractivity (Wildman–Crippen MR) is 74.7 cm³/mol. The van der Waals surface area contributed by atoms with E-state index in [1.54, 1.807) is 0 Å². The van der Waals surface area contributed by atoms with Crippen LogP contribution in [0.2, 0.25) is 0 Å². The Morgan fingerprint density at radius 2 is 1.53 bits per heavy atom. The first-order valence-corrected chi connectivity index (χ1v) is 7.08. The van der Waals surface area contributed by atoms with Gasteiger partial charge in [-0.2, -0.15) is 0 Å². The van der Waals surface area contributed by atoms with Gasteiger partial charge in [-0.25, -0.2) is 0 Å². The fraction of sp³-hybridized carbons (Fsp3) is 0.625. The number of hydrogen-bond acceptors (Lipinski definition) is 1. The van der Waals surface area contributed by atoms with Crippen molar-refractivity contribution in [3.63, 3.8) is 0 Å². The molecule has 0 fully saturated rings. The summed E-state index contributed by atoms with van der Waals surface area (Å²) in [5, 5.41) is 0. The van der Waals surface area contributed by atoms with Gasteiger partial charge in [0.1, 0.15) is 5.75 Å². The summed E-state index contributed by atoms with van der Waals surface area (Å²) in [7, 11) is 0. The molecule has 0 aromatic heterocycles. The van der Waals surface area contributed by atoms with E-state index in [2.05, 4.69) is 38.1 Å². The lowest BCUT2D eigenvalue weighted by molar-refractivity contribution is 0.304. The second kappa shape index (κ2) is 9.09. The first-order chi connectivity index (χ1) is 8.36. The summed E-state index contributed by atoms with van der Waals surface area (Å²) < 4.78 is 5.72. The zero-order chi connectivity index (χ0) is 12.3. The average molecular weight is 234 g/mol. The fourth-order valence-electron chi connectivity index (χ4n) is 1.94. The third-order valence-corrected chi connectivity index (χ3v) is 2.98. The van der Waals surface area contributed by atoms with E-state index in [1.807, 2.05) is 0 Å². The van der Waals surface area contributed by atoms with Gasteiger partial charge in [0, 0.05) is 0 Å². The van der Waals surface area contributed by atoms with Crippen LogP contribution in [0.4, 0.5) is 0 Å². The van der Waals surface area contributed by atoms with Gasteiger partial charge in [0.15, 0.2) is 0 Å². The minimum Gasteiger partial charge on any atom is -0.494 e. The van der Waals surface area contributed by atoms with E-state index in [1.165, 1.54) is 44.1 Å². The molecule has 0 N–H and O–H groups in total. The van der Waals surface area contributed by atoms with E-state index < -0.39 is 0 Å². The van der Waals surface area contributed by atoms with Crippen LogP contribution in [0.3, 0.4) is 0 Å². The molecule has 0 unspecified atom stereocenters. The normalized spacial score (nSPS) is 10.5. The maximum atomic E-state index is 5.72. The van der Waals surface area contributed by atoms with Gasteiger partial charge in [-0.05, 0) is 30.5 Å². The monoisotopic (exact) mass is 234 g/mol. The third kappa shape index (κ3) is 6.35. The Balaban J connectivity index is 2.14. The van der Waals surface area contributed by atoms with Crippen molar-refractivity contribution in [2.24, 2.45) is 0 Å². The zero-order valence-corrected chi connectivity index (χ0v) is 11.4. The molecule has 0 aliphatic rings. The standard InChI is InChI=1S/C16H26O/c1-3-5-6-7-8-14-17-16-12-10-15(9-4-2)11-13-16/h10-13H,3-9,14H2,1-2H3. The topological polar surface area (TPSA) is 9.23 Å². The first-order valence-electron chi connectivity index (χ1n) is 7.08. The summed E-state index contributed by atoms with van der Waals surface area (Å²) in [5.41, 5.74) is 1.41. The van der Waals surface area contributed by atoms with Crippen molar-refractivity contribution in [3.05, 3.63) is 29.8 Å². The molecule has 0 radical (unpaired) electrons. The number of rotatable bonds is 9. The first kappa shape index (κ1) is 14.1. The van der Waals surface area contributed by atoms with Crippen molar-refractivity contribution >= 4 is 0 Å². The minimum absolute atomic E-state index is 0.858. The Morgan fingerprint density at radius 1 is 0.824 bits per heavy atom. The van der Waals surface area contributed by atoms with Gasteiger partial charge in [-0.3, -0.25) is 0 Å². The smallest absolute Gasteiger partial charge is 0.119 e. The highest BCUT2D eigenvalue weighted by atomic mass is 16.5. The predicted octanol–water partition coefficient (Wildman–Crippen LogP) is 4.99. The van der Waals surface area contributed by atoms with Gasteiger partial charge in [0.25, 0.3) is 0 Å². The molecule has 1 heteroatoms. The van der Waals surface area contributed by atoms with Crippen LogP contribution in [0, 0.1) is 0 Å². The molecule has 0 heterocycles. The van der Waals surface area contributed by atoms with E-state index in [9.17, 15) is 0 Å². The van der Waals surface area contributed by atoms with Gasteiger partial charge in [-0.15, -0.1) is 0 Å². The Kier molecular flexibility index (Phi) is 7.53. The highest BCUT2D eigenvalue weighted by Gasteiger charge is 1.95. The van der Waals surface area contributed by atoms with E-state index in [4.69, 9.17) is 4.74 Å². The number of ether oxygens (including phenoxy) is 1. The van der Waals surface area contributed by atoms with Crippen LogP contribution < -0.4 is 4.74 Å². The molecule has 1 aromatic carbocycles. The fourth-order valence-corrected chi connectivity index (χ4v) is 1.94. The number of unbranched alkanes of at least 4 members (excludes halogenated alkanes) is 4. The summed E-state index contributed by atoms with van der Waals surface area (Å²) in [5.74, 6) is 1.01. The van der Waals surface area contributed by atoms with Gasteiger partial charge >= 0.3 is 0 Å². The minimum atomic E-state index is 0.858. The SMILES string of the molecule is CCCCCCCOc1ccc(CCC)cc1. The molecular weight excluding hydrogens is 208 g/mol. The summed E-state index contributed by atoms with van der Waals surface area (Å²) in [6, 6.07) is 8.54. The lowest BCUT2D eigenvalue weighted by Gasteiger charge is -2.06. The van der Waals surface area contributed by atoms with Crippen LogP contribution in [-0.2, 0) is 6.42 Å². The van der Waals surface area contributed by atoms with Gasteiger partial charge in [-0.1, -0.05) is 58.1 Å². The van der Waals surface area contributed by atoms with E-state index in [-0.39, 0.29) is 0 Å². The van der Waals surface area contributed by atoms with E-state index in [0.29, 0.717) is 0 Å². The summed E-state index contributed by atoms with van der Waals surface area (Å²) in [6.07, 6.45) is 8.84. The molecule has 0 aliphatic heterocycles. The van der Waals surface area contributed by atoms with Crippen LogP contribution in [0.25, 0.3) is 0 Å². The summed E-state index contributed by atoms with van der Waals surface area (Å²) in [6.45, 7) is 5.31. The second-order valence-electron chi connectivity index (χ2n) is 4.66. The van der Waals surface area contributed by atoms with Crippen molar-refractivity contribution in [1.82, 2.24) is 0 Å². The molecule has 1 aromatic rings. The third-order valence-electron chi connectivity index (χ3n) is 2.98. The Morgan fingerprint density at radius 3 is 2.18 bits per heavy atom. The maximum absolute atomic E-state index is 5.72. The van der Waals surface area contributed by atoms with Crippen molar-refractivity contribution in [2.75, 3.05) is 6.61 Å². The highest BCUT2D eigenvalue weighted by molar-refractivity contribution is 5.27. The number of benzene rings is 1. The lowest BCUT2D eigenvalue weighted by atomic mass is 10.1. The molecule has 1 nitrogen and oxygen atoms in total. The molecule has 0 bridgehead atoms. The zero-order valence-electron chi connectivity index (χ0n) is 11.4. The molecule has 17 heavy (non-hydrogen) atoms. The van der Waals surface area contributed by atoms with Crippen LogP contribution >= 0.6 is 0 Å². The number of hydrogen-bond donors (Lipinski definition) is 0. The highest BCUT2D eigenvalue weighted by Crippen LogP contribution is 2.14. The van der Waals surface area contributed by atoms with Crippen molar-refractivity contribution < 1.29 is 4.74 Å². The molecular formula is C16H26O. The molecule has 1 rings (SSSR count). The molecule has 0 saturated carbocycles. The Labute approximate surface area is 106 Å². The van der Waals surface area contributed by atoms with E-state index >= 15 is 0 Å². The summed E-state index contributed by atoms with van der Waals surface area (Å²) in [4.78, 5) is 0. The van der Waals surface area contributed by atoms with Crippen LogP contribution in [0.15, 0.2) is 24.3 Å². The molecule has 0 amide bonds. The van der Waals surface area contributed by atoms with Crippen LogP contribution in [0.5, 0.6) is 5.75 Å². The Bertz CT molecular complexity index is 276. The van der Waals surface area contributed by atoms with Gasteiger partial charge in [0.05, 0.1) is 6.61 Å². The lowest BCUT2D eigenvalue weighted by Crippen LogP contribution is -1.97. The summed E-state index contributed by atoms with van der Waals surface area (Å²) >= 11 is 0. The largest absolute Gasteiger partial charge is 0.494 e. The molecule has 0 saturated heterocycles. The Hall–Kier alpha value is -0.980. The van der Waals surface area contributed by atoms with E-state index in [0.717, 1.165) is 18.8 Å². The quantitative estimate of drug-likeness (QED) is 0.547. The second-order valence-corrected chi connectivity index (χ2v) is 4.66. The maximum Gasteiger partial charge on any atom is 0.119 e. The van der Waals surface area contributed by atoms with Gasteiger partial charge < -0.3 is 4.74 Å². The average Bonchev–Trinajstić information content (AvgIpc) is 2.36. The number of aryl methyl sites for hydroxylation is 1. The molecule has 0 spiro atoms. The molecule has 0 atom stereocenters. The van der Waals surface area contributed by atoms with Crippen molar-refractivity contribution in [2.45, 2.75) is 58.8 Å². The van der Waals surface area contributed by atoms with Crippen molar-refractivity contribution in [3.8, 4) is 5.75 Å². The van der Waals surface area contributed by atoms with Crippen LogP contribution in [0.1, 0.15) is 57.9 Å². The van der Waals surface area contributed by atoms with Gasteiger partial charge in [0.2, 0.25) is 0 Å². The molecule has 0 aliphatic carbocycles. The van der Waals surface area contributed by atoms with Crippen molar-refractivity contribution in [1.29, 1.82) is 0 Å². The van der Waals surface area contributed by atoms with Crippen LogP contribution in [-0.4, -0.2) is 6.61 Å². The molecule has 96 valence electrons.